The lowest BCUT2D eigenvalue weighted by molar-refractivity contribution is -0.117. The summed E-state index contributed by atoms with van der Waals surface area (Å²) in [6, 6.07) is 12.2. The van der Waals surface area contributed by atoms with Crippen LogP contribution in [0.15, 0.2) is 42.5 Å². The molecule has 2 aromatic rings. The number of carbonyl (C=O) groups excluding carboxylic acids is 1. The third kappa shape index (κ3) is 4.48. The fourth-order valence-corrected chi connectivity index (χ4v) is 2.68. The van der Waals surface area contributed by atoms with Gasteiger partial charge in [-0.05, 0) is 43.8 Å². The van der Waals surface area contributed by atoms with Crippen LogP contribution in [0.2, 0.25) is 0 Å². The molecule has 1 unspecified atom stereocenters. The molecule has 0 radical (unpaired) electrons. The molecular weight excluding hydrogens is 323 g/mol. The molecule has 132 valence electrons. The number of carbonyl (C=O) groups is 1. The summed E-state index contributed by atoms with van der Waals surface area (Å²) in [5.74, 6) is 0.910. The number of halogens is 1. The van der Waals surface area contributed by atoms with Gasteiger partial charge in [0.25, 0.3) is 0 Å². The van der Waals surface area contributed by atoms with Gasteiger partial charge in [0.1, 0.15) is 18.5 Å². The molecule has 0 spiro atoms. The van der Waals surface area contributed by atoms with E-state index in [1.807, 2.05) is 36.2 Å². The second-order valence-electron chi connectivity index (χ2n) is 6.21. The summed E-state index contributed by atoms with van der Waals surface area (Å²) in [5.41, 5.74) is 0.998. The van der Waals surface area contributed by atoms with E-state index in [4.69, 9.17) is 9.47 Å². The third-order valence-corrected chi connectivity index (χ3v) is 3.95. The Morgan fingerprint density at radius 3 is 2.80 bits per heavy atom. The van der Waals surface area contributed by atoms with E-state index >= 15 is 0 Å². The van der Waals surface area contributed by atoms with E-state index in [0.29, 0.717) is 30.2 Å². The maximum absolute atomic E-state index is 13.5. The van der Waals surface area contributed by atoms with Crippen molar-refractivity contribution in [1.29, 1.82) is 0 Å². The van der Waals surface area contributed by atoms with Crippen molar-refractivity contribution in [2.75, 3.05) is 32.1 Å². The molecule has 6 heteroatoms. The van der Waals surface area contributed by atoms with Gasteiger partial charge in [-0.1, -0.05) is 18.2 Å². The molecule has 5 nitrogen and oxygen atoms in total. The molecule has 0 aliphatic carbocycles. The van der Waals surface area contributed by atoms with Crippen molar-refractivity contribution >= 4 is 11.6 Å². The average Bonchev–Trinajstić information content (AvgIpc) is 2.58. The summed E-state index contributed by atoms with van der Waals surface area (Å²) in [6.45, 7) is 2.84. The first-order valence-corrected chi connectivity index (χ1v) is 8.14. The van der Waals surface area contributed by atoms with Crippen LogP contribution in [0.3, 0.4) is 0 Å². The highest BCUT2D eigenvalue weighted by atomic mass is 19.1. The number of para-hydroxylation sites is 2. The van der Waals surface area contributed by atoms with Gasteiger partial charge in [-0.15, -0.1) is 0 Å². The molecule has 1 atom stereocenters. The van der Waals surface area contributed by atoms with Gasteiger partial charge in [-0.25, -0.2) is 4.39 Å². The van der Waals surface area contributed by atoms with Gasteiger partial charge >= 0.3 is 0 Å². The van der Waals surface area contributed by atoms with E-state index in [-0.39, 0.29) is 24.4 Å². The second-order valence-corrected chi connectivity index (χ2v) is 6.21. The van der Waals surface area contributed by atoms with E-state index < -0.39 is 0 Å². The van der Waals surface area contributed by atoms with E-state index in [9.17, 15) is 9.18 Å². The lowest BCUT2D eigenvalue weighted by atomic mass is 10.2. The lowest BCUT2D eigenvalue weighted by Gasteiger charge is -2.29. The number of anilines is 1. The number of hydrogen-bond acceptors (Lipinski definition) is 4. The number of ether oxygens (including phenoxy) is 2. The predicted molar refractivity (Wildman–Crippen MR) is 93.6 cm³/mol. The summed E-state index contributed by atoms with van der Waals surface area (Å²) in [4.78, 5) is 14.0. The molecule has 1 heterocycles. The molecule has 0 saturated heterocycles. The van der Waals surface area contributed by atoms with Crippen LogP contribution in [0.1, 0.15) is 5.56 Å². The van der Waals surface area contributed by atoms with Gasteiger partial charge in [0.15, 0.2) is 11.5 Å². The van der Waals surface area contributed by atoms with Crippen LogP contribution in [-0.4, -0.2) is 43.7 Å². The maximum atomic E-state index is 13.5. The predicted octanol–water partition coefficient (Wildman–Crippen LogP) is 2.84. The number of benzene rings is 2. The third-order valence-electron chi connectivity index (χ3n) is 3.95. The smallest absolute Gasteiger partial charge is 0.238 e. The van der Waals surface area contributed by atoms with E-state index in [0.717, 1.165) is 5.75 Å². The molecule has 1 N–H and O–H groups in total. The van der Waals surface area contributed by atoms with Crippen molar-refractivity contribution in [2.24, 2.45) is 0 Å². The second kappa shape index (κ2) is 7.53. The van der Waals surface area contributed by atoms with Gasteiger partial charge in [-0.2, -0.15) is 0 Å². The molecule has 1 aliphatic heterocycles. The summed E-state index contributed by atoms with van der Waals surface area (Å²) in [6.07, 6.45) is -0.149. The van der Waals surface area contributed by atoms with Crippen molar-refractivity contribution in [1.82, 2.24) is 4.90 Å². The van der Waals surface area contributed by atoms with E-state index in [2.05, 4.69) is 5.32 Å². The highest BCUT2D eigenvalue weighted by Crippen LogP contribution is 2.30. The quantitative estimate of drug-likeness (QED) is 0.906. The van der Waals surface area contributed by atoms with Gasteiger partial charge in [0.05, 0.1) is 6.54 Å². The molecule has 2 aromatic carbocycles. The number of nitrogens with zero attached hydrogens (tertiary/aromatic N) is 1. The Kier molecular flexibility index (Phi) is 5.19. The fraction of sp³-hybridized carbons (Fsp3) is 0.316. The minimum Gasteiger partial charge on any atom is -0.486 e. The van der Waals surface area contributed by atoms with Crippen LogP contribution in [-0.2, 0) is 4.79 Å². The fourth-order valence-electron chi connectivity index (χ4n) is 2.68. The Labute approximate surface area is 146 Å². The molecule has 0 saturated carbocycles. The summed E-state index contributed by atoms with van der Waals surface area (Å²) in [5, 5.41) is 2.70. The zero-order valence-corrected chi connectivity index (χ0v) is 14.3. The van der Waals surface area contributed by atoms with Crippen molar-refractivity contribution in [3.8, 4) is 11.5 Å². The highest BCUT2D eigenvalue weighted by molar-refractivity contribution is 5.92. The molecule has 0 fully saturated rings. The SMILES string of the molecule is Cc1ccc(NC(=O)CN(C)CC2COc3ccccc3O2)cc1F. The summed E-state index contributed by atoms with van der Waals surface area (Å²) in [7, 11) is 1.83. The van der Waals surface area contributed by atoms with Gasteiger partial charge < -0.3 is 14.8 Å². The number of fused-ring (bicyclic) bond motifs is 1. The minimum atomic E-state index is -0.336. The highest BCUT2D eigenvalue weighted by Gasteiger charge is 2.22. The number of aryl methyl sites for hydroxylation is 1. The average molecular weight is 344 g/mol. The van der Waals surface area contributed by atoms with Gasteiger partial charge in [-0.3, -0.25) is 9.69 Å². The monoisotopic (exact) mass is 344 g/mol. The molecule has 25 heavy (non-hydrogen) atoms. The van der Waals surface area contributed by atoms with E-state index in [1.54, 1.807) is 19.1 Å². The van der Waals surface area contributed by atoms with Crippen molar-refractivity contribution in [3.05, 3.63) is 53.8 Å². The largest absolute Gasteiger partial charge is 0.486 e. The van der Waals surface area contributed by atoms with Crippen LogP contribution < -0.4 is 14.8 Å². The number of rotatable bonds is 5. The number of likely N-dealkylation sites (N-methyl/N-ethyl adjacent to an activating group) is 1. The number of nitrogens with one attached hydrogen (secondary N) is 1. The first-order chi connectivity index (χ1) is 12.0. The van der Waals surface area contributed by atoms with Crippen LogP contribution in [0.5, 0.6) is 11.5 Å². The van der Waals surface area contributed by atoms with Crippen molar-refractivity contribution in [3.63, 3.8) is 0 Å². The topological polar surface area (TPSA) is 50.8 Å². The first-order valence-electron chi connectivity index (χ1n) is 8.14. The minimum absolute atomic E-state index is 0.149. The summed E-state index contributed by atoms with van der Waals surface area (Å²) >= 11 is 0. The number of hydrogen-bond donors (Lipinski definition) is 1. The first kappa shape index (κ1) is 17.2. The Morgan fingerprint density at radius 1 is 1.28 bits per heavy atom. The zero-order valence-electron chi connectivity index (χ0n) is 14.3. The van der Waals surface area contributed by atoms with Crippen LogP contribution >= 0.6 is 0 Å². The Bertz CT molecular complexity index is 766. The van der Waals surface area contributed by atoms with Crippen molar-refractivity contribution in [2.45, 2.75) is 13.0 Å². The Hall–Kier alpha value is -2.60. The molecule has 1 amide bonds. The molecule has 3 rings (SSSR count). The molecule has 1 aliphatic rings. The zero-order chi connectivity index (χ0) is 17.8. The molecule has 0 bridgehead atoms. The van der Waals surface area contributed by atoms with Gasteiger partial charge in [0.2, 0.25) is 5.91 Å². The Morgan fingerprint density at radius 2 is 2.04 bits per heavy atom. The van der Waals surface area contributed by atoms with Crippen LogP contribution in [0.25, 0.3) is 0 Å². The van der Waals surface area contributed by atoms with Crippen LogP contribution in [0, 0.1) is 12.7 Å². The summed E-state index contributed by atoms with van der Waals surface area (Å²) < 4.78 is 25.1. The Balaban J connectivity index is 1.50. The van der Waals surface area contributed by atoms with Crippen molar-refractivity contribution < 1.29 is 18.7 Å². The molecular formula is C19H21FN2O3. The standard InChI is InChI=1S/C19H21FN2O3/c1-13-7-8-14(9-16(13)20)21-19(23)11-22(2)10-15-12-24-17-5-3-4-6-18(17)25-15/h3-9,15H,10-12H2,1-2H3,(H,21,23). The van der Waals surface area contributed by atoms with Gasteiger partial charge in [0, 0.05) is 12.2 Å². The maximum Gasteiger partial charge on any atom is 0.238 e. The lowest BCUT2D eigenvalue weighted by Crippen LogP contribution is -2.42. The molecule has 0 aromatic heterocycles. The number of amides is 1. The van der Waals surface area contributed by atoms with E-state index in [1.165, 1.54) is 6.07 Å². The normalized spacial score (nSPS) is 15.9. The van der Waals surface area contributed by atoms with Crippen LogP contribution in [0.4, 0.5) is 10.1 Å².